The summed E-state index contributed by atoms with van der Waals surface area (Å²) < 4.78 is 10.4. The van der Waals surface area contributed by atoms with E-state index in [-0.39, 0.29) is 5.97 Å². The van der Waals surface area contributed by atoms with Gasteiger partial charge in [-0.25, -0.2) is 4.79 Å². The first-order valence-electron chi connectivity index (χ1n) is 6.67. The highest BCUT2D eigenvalue weighted by atomic mass is 16.5. The summed E-state index contributed by atoms with van der Waals surface area (Å²) in [6.07, 6.45) is 0.798. The topological polar surface area (TPSA) is 35.5 Å². The van der Waals surface area contributed by atoms with Gasteiger partial charge in [0.25, 0.3) is 0 Å². The van der Waals surface area contributed by atoms with Crippen molar-refractivity contribution in [1.82, 2.24) is 0 Å². The fraction of sp³-hybridized carbons (Fsp3) is 0.235. The van der Waals surface area contributed by atoms with Crippen molar-refractivity contribution in [2.45, 2.75) is 13.3 Å². The van der Waals surface area contributed by atoms with Gasteiger partial charge in [-0.15, -0.1) is 0 Å². The number of esters is 1. The van der Waals surface area contributed by atoms with E-state index in [9.17, 15) is 4.79 Å². The minimum atomic E-state index is -0.346. The summed E-state index contributed by atoms with van der Waals surface area (Å²) in [5.41, 5.74) is 2.48. The number of carbonyl (C=O) groups is 1. The largest absolute Gasteiger partial charge is 0.496 e. The highest BCUT2D eigenvalue weighted by molar-refractivity contribution is 5.94. The Morgan fingerprint density at radius 2 is 1.80 bits per heavy atom. The number of hydrogen-bond acceptors (Lipinski definition) is 3. The molecule has 0 radical (unpaired) electrons. The Morgan fingerprint density at radius 1 is 1.05 bits per heavy atom. The van der Waals surface area contributed by atoms with Crippen molar-refractivity contribution in [3.63, 3.8) is 0 Å². The third-order valence-corrected chi connectivity index (χ3v) is 2.96. The summed E-state index contributed by atoms with van der Waals surface area (Å²) in [5.74, 6) is 0.187. The molecular weight excluding hydrogens is 252 g/mol. The summed E-state index contributed by atoms with van der Waals surface area (Å²) in [5, 5.41) is 0. The first kappa shape index (κ1) is 14.1. The van der Waals surface area contributed by atoms with E-state index in [1.54, 1.807) is 13.2 Å². The van der Waals surface area contributed by atoms with E-state index in [4.69, 9.17) is 9.47 Å². The van der Waals surface area contributed by atoms with Crippen LogP contribution in [0.15, 0.2) is 48.5 Å². The third-order valence-electron chi connectivity index (χ3n) is 2.96. The van der Waals surface area contributed by atoms with E-state index in [2.05, 4.69) is 0 Å². The Balaban J connectivity index is 2.36. The minimum absolute atomic E-state index is 0.346. The highest BCUT2D eigenvalue weighted by Gasteiger charge is 2.14. The standard InChI is InChI=1S/C17H18O3/c1-3-11-20-17(18)15-12-14(9-10-16(15)19-2)13-7-5-4-6-8-13/h4-10,12H,3,11H2,1-2H3. The van der Waals surface area contributed by atoms with Gasteiger partial charge in [-0.1, -0.05) is 43.3 Å². The molecule has 2 aromatic carbocycles. The number of carbonyl (C=O) groups excluding carboxylic acids is 1. The molecule has 0 saturated carbocycles. The molecule has 0 fully saturated rings. The molecule has 0 saturated heterocycles. The number of methoxy groups -OCH3 is 1. The molecule has 0 aliphatic heterocycles. The van der Waals surface area contributed by atoms with Gasteiger partial charge in [-0.05, 0) is 29.7 Å². The van der Waals surface area contributed by atoms with E-state index in [1.807, 2.05) is 49.4 Å². The lowest BCUT2D eigenvalue weighted by Gasteiger charge is -2.10. The van der Waals surface area contributed by atoms with Gasteiger partial charge in [0.2, 0.25) is 0 Å². The maximum Gasteiger partial charge on any atom is 0.341 e. The van der Waals surface area contributed by atoms with Gasteiger partial charge in [0.1, 0.15) is 11.3 Å². The number of benzene rings is 2. The molecule has 0 amide bonds. The van der Waals surface area contributed by atoms with Gasteiger partial charge >= 0.3 is 5.97 Å². The van der Waals surface area contributed by atoms with Crippen LogP contribution in [0, 0.1) is 0 Å². The normalized spacial score (nSPS) is 10.1. The number of hydrogen-bond donors (Lipinski definition) is 0. The van der Waals surface area contributed by atoms with Crippen LogP contribution >= 0.6 is 0 Å². The van der Waals surface area contributed by atoms with Crippen LogP contribution < -0.4 is 4.74 Å². The second-order valence-corrected chi connectivity index (χ2v) is 4.42. The van der Waals surface area contributed by atoms with Gasteiger partial charge in [-0.2, -0.15) is 0 Å². The van der Waals surface area contributed by atoms with Crippen LogP contribution in [0.5, 0.6) is 5.75 Å². The second-order valence-electron chi connectivity index (χ2n) is 4.42. The zero-order valence-electron chi connectivity index (χ0n) is 11.8. The fourth-order valence-electron chi connectivity index (χ4n) is 1.95. The van der Waals surface area contributed by atoms with Crippen molar-refractivity contribution in [2.24, 2.45) is 0 Å². The molecular formula is C17H18O3. The molecule has 0 unspecified atom stereocenters. The predicted molar refractivity (Wildman–Crippen MR) is 79.0 cm³/mol. The molecule has 3 nitrogen and oxygen atoms in total. The number of ether oxygens (including phenoxy) is 2. The Bertz CT molecular complexity index is 576. The maximum absolute atomic E-state index is 12.1. The summed E-state index contributed by atoms with van der Waals surface area (Å²) in [6, 6.07) is 15.4. The van der Waals surface area contributed by atoms with E-state index < -0.39 is 0 Å². The first-order chi connectivity index (χ1) is 9.76. The average molecular weight is 270 g/mol. The van der Waals surface area contributed by atoms with Gasteiger partial charge in [0, 0.05) is 0 Å². The predicted octanol–water partition coefficient (Wildman–Crippen LogP) is 3.93. The molecule has 2 aromatic rings. The van der Waals surface area contributed by atoms with Gasteiger partial charge in [-0.3, -0.25) is 0 Å². The van der Waals surface area contributed by atoms with Gasteiger partial charge in [0.15, 0.2) is 0 Å². The Kier molecular flexibility index (Phi) is 4.77. The van der Waals surface area contributed by atoms with Crippen LogP contribution in [-0.4, -0.2) is 19.7 Å². The van der Waals surface area contributed by atoms with Crippen LogP contribution in [0.1, 0.15) is 23.7 Å². The first-order valence-corrected chi connectivity index (χ1v) is 6.67. The van der Waals surface area contributed by atoms with Crippen molar-refractivity contribution in [3.05, 3.63) is 54.1 Å². The molecule has 0 spiro atoms. The third kappa shape index (κ3) is 3.18. The summed E-state index contributed by atoms with van der Waals surface area (Å²) in [6.45, 7) is 2.38. The molecule has 3 heteroatoms. The van der Waals surface area contributed by atoms with Crippen LogP contribution in [0.2, 0.25) is 0 Å². The lowest BCUT2D eigenvalue weighted by molar-refractivity contribution is 0.0501. The van der Waals surface area contributed by atoms with E-state index in [0.717, 1.165) is 17.5 Å². The molecule has 0 atom stereocenters. The van der Waals surface area contributed by atoms with Crippen molar-refractivity contribution < 1.29 is 14.3 Å². The zero-order valence-corrected chi connectivity index (χ0v) is 11.8. The van der Waals surface area contributed by atoms with Crippen LogP contribution in [0.3, 0.4) is 0 Å². The Hall–Kier alpha value is -2.29. The minimum Gasteiger partial charge on any atom is -0.496 e. The van der Waals surface area contributed by atoms with Gasteiger partial charge in [0.05, 0.1) is 13.7 Å². The summed E-state index contributed by atoms with van der Waals surface area (Å²) in [4.78, 5) is 12.1. The molecule has 0 bridgehead atoms. The van der Waals surface area contributed by atoms with Crippen LogP contribution in [0.25, 0.3) is 11.1 Å². The molecule has 0 aromatic heterocycles. The Labute approximate surface area is 119 Å². The van der Waals surface area contributed by atoms with Crippen molar-refractivity contribution in [3.8, 4) is 16.9 Å². The van der Waals surface area contributed by atoms with Crippen molar-refractivity contribution >= 4 is 5.97 Å². The second kappa shape index (κ2) is 6.75. The lowest BCUT2D eigenvalue weighted by Crippen LogP contribution is -2.08. The molecule has 104 valence electrons. The Morgan fingerprint density at radius 3 is 2.45 bits per heavy atom. The monoisotopic (exact) mass is 270 g/mol. The van der Waals surface area contributed by atoms with Crippen molar-refractivity contribution in [2.75, 3.05) is 13.7 Å². The van der Waals surface area contributed by atoms with E-state index >= 15 is 0 Å². The molecule has 2 rings (SSSR count). The molecule has 0 aliphatic carbocycles. The van der Waals surface area contributed by atoms with Gasteiger partial charge < -0.3 is 9.47 Å². The SMILES string of the molecule is CCCOC(=O)c1cc(-c2ccccc2)ccc1OC. The molecule has 20 heavy (non-hydrogen) atoms. The number of rotatable bonds is 5. The summed E-state index contributed by atoms with van der Waals surface area (Å²) in [7, 11) is 1.55. The fourth-order valence-corrected chi connectivity index (χ4v) is 1.95. The maximum atomic E-state index is 12.1. The van der Waals surface area contributed by atoms with Crippen molar-refractivity contribution in [1.29, 1.82) is 0 Å². The lowest BCUT2D eigenvalue weighted by atomic mass is 10.0. The average Bonchev–Trinajstić information content (AvgIpc) is 2.52. The van der Waals surface area contributed by atoms with Crippen LogP contribution in [-0.2, 0) is 4.74 Å². The molecule has 0 aliphatic rings. The van der Waals surface area contributed by atoms with E-state index in [1.165, 1.54) is 0 Å². The van der Waals surface area contributed by atoms with Crippen LogP contribution in [0.4, 0.5) is 0 Å². The molecule has 0 N–H and O–H groups in total. The zero-order chi connectivity index (χ0) is 14.4. The molecule has 0 heterocycles. The summed E-state index contributed by atoms with van der Waals surface area (Å²) >= 11 is 0. The highest BCUT2D eigenvalue weighted by Crippen LogP contribution is 2.27. The van der Waals surface area contributed by atoms with E-state index in [0.29, 0.717) is 17.9 Å². The quantitative estimate of drug-likeness (QED) is 0.772. The smallest absolute Gasteiger partial charge is 0.341 e.